The van der Waals surface area contributed by atoms with Crippen molar-refractivity contribution in [3.05, 3.63) is 23.8 Å². The standard InChI is InChI=1S/C21H35NO3/c1-8-10-18(17(4)22-19(15-23)11-9-2)13-12-16(3)14-20(24)25-21(5,6)7/h9,11,14-15,17-18H,8,10,12-13H2,1-7H3/b11-9-,16-14-,22-19?. The summed E-state index contributed by atoms with van der Waals surface area (Å²) in [5.41, 5.74) is 1.02. The van der Waals surface area contributed by atoms with E-state index in [1.165, 1.54) is 0 Å². The van der Waals surface area contributed by atoms with Crippen LogP contribution in [0.2, 0.25) is 0 Å². The number of aldehydes is 1. The summed E-state index contributed by atoms with van der Waals surface area (Å²) >= 11 is 0. The molecule has 0 aromatic heterocycles. The molecule has 0 aromatic carbocycles. The average molecular weight is 350 g/mol. The quantitative estimate of drug-likeness (QED) is 0.239. The minimum absolute atomic E-state index is 0.0747. The molecule has 0 spiro atoms. The Kier molecular flexibility index (Phi) is 11.0. The Labute approximate surface area is 153 Å². The maximum Gasteiger partial charge on any atom is 0.331 e. The number of allylic oxidation sites excluding steroid dienone is 3. The Bertz CT molecular complexity index is 510. The van der Waals surface area contributed by atoms with Crippen LogP contribution < -0.4 is 0 Å². The van der Waals surface area contributed by atoms with Crippen molar-refractivity contribution in [3.8, 4) is 0 Å². The molecular formula is C21H35NO3. The number of aliphatic imine (C=N–C) groups is 1. The predicted octanol–water partition coefficient (Wildman–Crippen LogP) is 5.08. The van der Waals surface area contributed by atoms with Gasteiger partial charge < -0.3 is 4.74 Å². The zero-order valence-corrected chi connectivity index (χ0v) is 17.0. The molecule has 25 heavy (non-hydrogen) atoms. The summed E-state index contributed by atoms with van der Waals surface area (Å²) in [4.78, 5) is 27.5. The Morgan fingerprint density at radius 2 is 1.88 bits per heavy atom. The van der Waals surface area contributed by atoms with Gasteiger partial charge in [-0.3, -0.25) is 9.79 Å². The van der Waals surface area contributed by atoms with Gasteiger partial charge in [0.05, 0.1) is 11.8 Å². The average Bonchev–Trinajstić information content (AvgIpc) is 2.48. The summed E-state index contributed by atoms with van der Waals surface area (Å²) in [5, 5.41) is 0. The summed E-state index contributed by atoms with van der Waals surface area (Å²) in [5.74, 6) is 0.0895. The zero-order valence-electron chi connectivity index (χ0n) is 17.0. The lowest BCUT2D eigenvalue weighted by Crippen LogP contribution is -2.22. The van der Waals surface area contributed by atoms with E-state index in [1.807, 2.05) is 40.7 Å². The number of carbonyl (C=O) groups excluding carboxylic acids is 2. The van der Waals surface area contributed by atoms with Crippen LogP contribution in [-0.4, -0.2) is 29.6 Å². The molecule has 0 radical (unpaired) electrons. The van der Waals surface area contributed by atoms with E-state index >= 15 is 0 Å². The molecule has 0 fully saturated rings. The van der Waals surface area contributed by atoms with Crippen LogP contribution >= 0.6 is 0 Å². The van der Waals surface area contributed by atoms with Crippen LogP contribution in [0, 0.1) is 5.92 Å². The highest BCUT2D eigenvalue weighted by molar-refractivity contribution is 6.33. The van der Waals surface area contributed by atoms with E-state index in [-0.39, 0.29) is 12.0 Å². The fraction of sp³-hybridized carbons (Fsp3) is 0.667. The first kappa shape index (κ1) is 23.3. The molecule has 0 N–H and O–H groups in total. The molecule has 0 saturated heterocycles. The molecule has 142 valence electrons. The van der Waals surface area contributed by atoms with E-state index in [0.717, 1.165) is 37.5 Å². The highest BCUT2D eigenvalue weighted by atomic mass is 16.6. The van der Waals surface area contributed by atoms with Gasteiger partial charge >= 0.3 is 5.97 Å². The molecule has 0 aliphatic rings. The number of rotatable bonds is 10. The van der Waals surface area contributed by atoms with Crippen molar-refractivity contribution >= 4 is 18.0 Å². The van der Waals surface area contributed by atoms with Gasteiger partial charge in [0.25, 0.3) is 0 Å². The molecular weight excluding hydrogens is 314 g/mol. The molecule has 0 rings (SSSR count). The molecule has 0 heterocycles. The summed E-state index contributed by atoms with van der Waals surface area (Å²) in [6, 6.07) is 0.0747. The van der Waals surface area contributed by atoms with Crippen molar-refractivity contribution in [2.75, 3.05) is 0 Å². The summed E-state index contributed by atoms with van der Waals surface area (Å²) < 4.78 is 5.32. The van der Waals surface area contributed by atoms with E-state index < -0.39 is 5.60 Å². The van der Waals surface area contributed by atoms with E-state index in [9.17, 15) is 9.59 Å². The van der Waals surface area contributed by atoms with Crippen LogP contribution in [0.3, 0.4) is 0 Å². The third-order valence-electron chi connectivity index (χ3n) is 3.83. The minimum Gasteiger partial charge on any atom is -0.457 e. The molecule has 0 aliphatic carbocycles. The van der Waals surface area contributed by atoms with E-state index in [1.54, 1.807) is 12.2 Å². The first-order chi connectivity index (χ1) is 11.6. The summed E-state index contributed by atoms with van der Waals surface area (Å²) in [6.07, 6.45) is 9.82. The van der Waals surface area contributed by atoms with E-state index in [4.69, 9.17) is 4.74 Å². The minimum atomic E-state index is -0.472. The molecule has 4 nitrogen and oxygen atoms in total. The van der Waals surface area contributed by atoms with E-state index in [0.29, 0.717) is 11.6 Å². The van der Waals surface area contributed by atoms with Gasteiger partial charge in [-0.05, 0) is 72.8 Å². The molecule has 2 unspecified atom stereocenters. The topological polar surface area (TPSA) is 55.7 Å². The predicted molar refractivity (Wildman–Crippen MR) is 105 cm³/mol. The number of nitrogens with zero attached hydrogens (tertiary/aromatic N) is 1. The Hall–Kier alpha value is -1.71. The first-order valence-electron chi connectivity index (χ1n) is 9.18. The second-order valence-corrected chi connectivity index (χ2v) is 7.52. The van der Waals surface area contributed by atoms with Gasteiger partial charge in [-0.2, -0.15) is 0 Å². The molecule has 4 heteroatoms. The smallest absolute Gasteiger partial charge is 0.331 e. The van der Waals surface area contributed by atoms with Crippen LogP contribution in [0.25, 0.3) is 0 Å². The third-order valence-corrected chi connectivity index (χ3v) is 3.83. The Morgan fingerprint density at radius 1 is 1.24 bits per heavy atom. The van der Waals surface area contributed by atoms with Gasteiger partial charge in [0.2, 0.25) is 0 Å². The fourth-order valence-corrected chi connectivity index (χ4v) is 2.64. The number of esters is 1. The van der Waals surface area contributed by atoms with Crippen LogP contribution in [0.15, 0.2) is 28.8 Å². The summed E-state index contributed by atoms with van der Waals surface area (Å²) in [6.45, 7) is 13.6. The van der Waals surface area contributed by atoms with Gasteiger partial charge in [0.15, 0.2) is 6.29 Å². The monoisotopic (exact) mass is 349 g/mol. The number of ether oxygens (including phenoxy) is 1. The molecule has 0 amide bonds. The van der Waals surface area contributed by atoms with Crippen molar-refractivity contribution in [1.29, 1.82) is 0 Å². The van der Waals surface area contributed by atoms with Gasteiger partial charge in [-0.15, -0.1) is 0 Å². The molecule has 0 bridgehead atoms. The highest BCUT2D eigenvalue weighted by Gasteiger charge is 2.17. The Morgan fingerprint density at radius 3 is 2.36 bits per heavy atom. The van der Waals surface area contributed by atoms with Crippen molar-refractivity contribution < 1.29 is 14.3 Å². The lowest BCUT2D eigenvalue weighted by atomic mass is 9.90. The number of carbonyl (C=O) groups is 2. The van der Waals surface area contributed by atoms with Crippen LogP contribution in [0.1, 0.15) is 74.1 Å². The molecule has 0 aliphatic heterocycles. The van der Waals surface area contributed by atoms with E-state index in [2.05, 4.69) is 18.8 Å². The van der Waals surface area contributed by atoms with Crippen molar-refractivity contribution in [2.45, 2.75) is 85.8 Å². The maximum atomic E-state index is 11.9. The third kappa shape index (κ3) is 11.5. The van der Waals surface area contributed by atoms with Crippen molar-refractivity contribution in [2.24, 2.45) is 10.9 Å². The number of hydrogen-bond acceptors (Lipinski definition) is 4. The van der Waals surface area contributed by atoms with Gasteiger partial charge in [-0.25, -0.2) is 4.79 Å². The van der Waals surface area contributed by atoms with Gasteiger partial charge in [0, 0.05) is 6.08 Å². The SMILES string of the molecule is C/C=C\C(C=O)=NC(C)C(CCC)CC/C(C)=C\C(=O)OC(C)(C)C. The lowest BCUT2D eigenvalue weighted by Gasteiger charge is -2.21. The normalized spacial score (nSPS) is 16.0. The van der Waals surface area contributed by atoms with Crippen LogP contribution in [0.5, 0.6) is 0 Å². The van der Waals surface area contributed by atoms with Crippen molar-refractivity contribution in [1.82, 2.24) is 0 Å². The van der Waals surface area contributed by atoms with Crippen LogP contribution in [0.4, 0.5) is 0 Å². The Balaban J connectivity index is 4.86. The van der Waals surface area contributed by atoms with Gasteiger partial charge in [-0.1, -0.05) is 25.0 Å². The fourth-order valence-electron chi connectivity index (χ4n) is 2.64. The largest absolute Gasteiger partial charge is 0.457 e. The maximum absolute atomic E-state index is 11.9. The molecule has 2 atom stereocenters. The molecule has 0 saturated carbocycles. The first-order valence-corrected chi connectivity index (χ1v) is 9.18. The van der Waals surface area contributed by atoms with Crippen molar-refractivity contribution in [3.63, 3.8) is 0 Å². The number of hydrogen-bond donors (Lipinski definition) is 0. The lowest BCUT2D eigenvalue weighted by molar-refractivity contribution is -0.148. The second kappa shape index (κ2) is 11.8. The highest BCUT2D eigenvalue weighted by Crippen LogP contribution is 2.23. The summed E-state index contributed by atoms with van der Waals surface area (Å²) in [7, 11) is 0. The van der Waals surface area contributed by atoms with Crippen LogP contribution in [-0.2, 0) is 14.3 Å². The van der Waals surface area contributed by atoms with Gasteiger partial charge in [0.1, 0.15) is 5.60 Å². The second-order valence-electron chi connectivity index (χ2n) is 7.52. The zero-order chi connectivity index (χ0) is 19.5. The molecule has 0 aromatic rings.